The first-order chi connectivity index (χ1) is 16.0. The van der Waals surface area contributed by atoms with Gasteiger partial charge in [0.2, 0.25) is 21.8 Å². The summed E-state index contributed by atoms with van der Waals surface area (Å²) in [6, 6.07) is 5.65. The van der Waals surface area contributed by atoms with Crippen molar-refractivity contribution in [1.29, 1.82) is 0 Å². The summed E-state index contributed by atoms with van der Waals surface area (Å²) in [6.45, 7) is 7.39. The number of aromatic nitrogens is 1. The van der Waals surface area contributed by atoms with E-state index in [1.807, 2.05) is 25.5 Å². The highest BCUT2D eigenvalue weighted by atomic mass is 32.2. The minimum atomic E-state index is -4.65. The number of hydrogen-bond donors (Lipinski definition) is 2. The van der Waals surface area contributed by atoms with E-state index in [1.165, 1.54) is 25.1 Å². The van der Waals surface area contributed by atoms with Gasteiger partial charge in [0, 0.05) is 12.1 Å². The largest absolute Gasteiger partial charge is 0.477 e. The van der Waals surface area contributed by atoms with Crippen molar-refractivity contribution in [3.8, 4) is 5.88 Å². The molecule has 0 saturated heterocycles. The molecule has 1 unspecified atom stereocenters. The van der Waals surface area contributed by atoms with Gasteiger partial charge in [0.15, 0.2) is 0 Å². The van der Waals surface area contributed by atoms with Crippen LogP contribution >= 0.6 is 0 Å². The molecule has 2 N–H and O–H groups in total. The molecule has 35 heavy (non-hydrogen) atoms. The maximum atomic E-state index is 14.3. The Morgan fingerprint density at radius 1 is 1.14 bits per heavy atom. The van der Waals surface area contributed by atoms with Gasteiger partial charge in [0.05, 0.1) is 24.5 Å². The monoisotopic (exact) mass is 519 g/mol. The summed E-state index contributed by atoms with van der Waals surface area (Å²) in [6.07, 6.45) is -3.20. The maximum Gasteiger partial charge on any atom is 0.433 e. The predicted octanol–water partition coefficient (Wildman–Crippen LogP) is 4.85. The van der Waals surface area contributed by atoms with Gasteiger partial charge in [0.25, 0.3) is 0 Å². The topological polar surface area (TPSA) is 97.4 Å². The molecule has 194 valence electrons. The molecule has 1 heterocycles. The zero-order valence-electron chi connectivity index (χ0n) is 20.1. The summed E-state index contributed by atoms with van der Waals surface area (Å²) in [5.41, 5.74) is -0.924. The molecular formula is C23H29F4N3O4S. The van der Waals surface area contributed by atoms with E-state index < -0.39 is 39.5 Å². The molecule has 1 amide bonds. The fraction of sp³-hybridized carbons (Fsp3) is 0.478. The second kappa shape index (κ2) is 10.8. The normalized spacial score (nSPS) is 13.3. The van der Waals surface area contributed by atoms with E-state index in [-0.39, 0.29) is 41.3 Å². The molecule has 0 saturated carbocycles. The van der Waals surface area contributed by atoms with Crippen LogP contribution in [0.25, 0.3) is 0 Å². The molecule has 0 aliphatic heterocycles. The molecule has 0 bridgehead atoms. The Hall–Kier alpha value is -2.89. The number of nitrogens with zero attached hydrogens (tertiary/aromatic N) is 1. The van der Waals surface area contributed by atoms with Gasteiger partial charge in [-0.15, -0.1) is 0 Å². The summed E-state index contributed by atoms with van der Waals surface area (Å²) in [4.78, 5) is 16.2. The first kappa shape index (κ1) is 28.3. The maximum absolute atomic E-state index is 14.3. The molecule has 7 nitrogen and oxygen atoms in total. The second-order valence-electron chi connectivity index (χ2n) is 9.37. The van der Waals surface area contributed by atoms with Crippen molar-refractivity contribution in [3.05, 3.63) is 53.0 Å². The van der Waals surface area contributed by atoms with Crippen molar-refractivity contribution in [3.63, 3.8) is 0 Å². The SMILES string of the molecule is CC(C(=O)NCc1ccc(C(F)(F)F)nc1OCCC(C)(C)C)c1ccc(NS(C)(=O)=O)c(F)c1. The number of pyridine rings is 1. The fourth-order valence-electron chi connectivity index (χ4n) is 2.91. The van der Waals surface area contributed by atoms with Crippen molar-refractivity contribution in [2.45, 2.75) is 52.8 Å². The number of sulfonamides is 1. The van der Waals surface area contributed by atoms with Gasteiger partial charge in [-0.25, -0.2) is 17.8 Å². The molecule has 0 radical (unpaired) electrons. The van der Waals surface area contributed by atoms with E-state index in [0.717, 1.165) is 18.4 Å². The van der Waals surface area contributed by atoms with Crippen LogP contribution in [0.4, 0.5) is 23.2 Å². The van der Waals surface area contributed by atoms with Gasteiger partial charge in [-0.05, 0) is 48.6 Å². The van der Waals surface area contributed by atoms with Crippen molar-refractivity contribution in [1.82, 2.24) is 10.3 Å². The Kier molecular flexibility index (Phi) is 8.75. The van der Waals surface area contributed by atoms with Gasteiger partial charge >= 0.3 is 6.18 Å². The average Bonchev–Trinajstić information content (AvgIpc) is 2.70. The average molecular weight is 520 g/mol. The Morgan fingerprint density at radius 2 is 1.80 bits per heavy atom. The molecule has 0 aliphatic rings. The summed E-state index contributed by atoms with van der Waals surface area (Å²) in [7, 11) is -3.68. The highest BCUT2D eigenvalue weighted by Gasteiger charge is 2.33. The molecule has 1 aromatic heterocycles. The number of carbonyl (C=O) groups excluding carboxylic acids is 1. The van der Waals surface area contributed by atoms with Gasteiger partial charge in [-0.3, -0.25) is 9.52 Å². The summed E-state index contributed by atoms with van der Waals surface area (Å²) in [5, 5.41) is 2.60. The number of benzene rings is 1. The minimum Gasteiger partial charge on any atom is -0.477 e. The predicted molar refractivity (Wildman–Crippen MR) is 124 cm³/mol. The van der Waals surface area contributed by atoms with Crippen molar-refractivity contribution >= 4 is 21.6 Å². The Balaban J connectivity index is 2.15. The molecule has 1 atom stereocenters. The number of amides is 1. The zero-order valence-corrected chi connectivity index (χ0v) is 20.9. The number of alkyl halides is 3. The molecule has 0 aliphatic carbocycles. The van der Waals surface area contributed by atoms with Crippen molar-refractivity contribution in [2.75, 3.05) is 17.6 Å². The van der Waals surface area contributed by atoms with Crippen LogP contribution in [-0.2, 0) is 27.5 Å². The fourth-order valence-corrected chi connectivity index (χ4v) is 3.48. The number of carbonyl (C=O) groups is 1. The van der Waals surface area contributed by atoms with Gasteiger partial charge in [-0.1, -0.05) is 26.8 Å². The molecule has 0 spiro atoms. The second-order valence-corrected chi connectivity index (χ2v) is 11.1. The first-order valence-corrected chi connectivity index (χ1v) is 12.6. The number of nitrogens with one attached hydrogen (secondary N) is 2. The molecule has 2 rings (SSSR count). The zero-order chi connectivity index (χ0) is 26.6. The third kappa shape index (κ3) is 9.00. The van der Waals surface area contributed by atoms with Crippen molar-refractivity contribution in [2.24, 2.45) is 5.41 Å². The number of anilines is 1. The lowest BCUT2D eigenvalue weighted by Gasteiger charge is -2.20. The third-order valence-corrected chi connectivity index (χ3v) is 5.55. The van der Waals surface area contributed by atoms with Gasteiger partial charge < -0.3 is 10.1 Å². The molecule has 2 aromatic rings. The molecular weight excluding hydrogens is 490 g/mol. The lowest BCUT2D eigenvalue weighted by molar-refractivity contribution is -0.141. The molecule has 0 fully saturated rings. The smallest absolute Gasteiger partial charge is 0.433 e. The van der Waals surface area contributed by atoms with Crippen LogP contribution in [0.2, 0.25) is 0 Å². The Bertz CT molecular complexity index is 1160. The van der Waals surface area contributed by atoms with Crippen LogP contribution < -0.4 is 14.8 Å². The lowest BCUT2D eigenvalue weighted by atomic mass is 9.93. The Labute approximate surface area is 202 Å². The van der Waals surface area contributed by atoms with Crippen LogP contribution in [-0.4, -0.2) is 32.2 Å². The van der Waals surface area contributed by atoms with Crippen LogP contribution in [0, 0.1) is 11.2 Å². The molecule has 12 heteroatoms. The summed E-state index contributed by atoms with van der Waals surface area (Å²) < 4.78 is 83.8. The quantitative estimate of drug-likeness (QED) is 0.462. The highest BCUT2D eigenvalue weighted by Crippen LogP contribution is 2.31. The van der Waals surface area contributed by atoms with Crippen LogP contribution in [0.3, 0.4) is 0 Å². The standard InChI is InChI=1S/C23H29F4N3O4S/c1-14(15-6-8-18(17(24)12-15)30-35(5,32)33)20(31)28-13-16-7-9-19(23(25,26)27)29-21(16)34-11-10-22(2,3)4/h6-9,12,14,30H,10-11,13H2,1-5H3,(H,28,31). The van der Waals surface area contributed by atoms with E-state index >= 15 is 0 Å². The molecule has 1 aromatic carbocycles. The van der Waals surface area contributed by atoms with Crippen LogP contribution in [0.5, 0.6) is 5.88 Å². The van der Waals surface area contributed by atoms with Gasteiger partial charge in [0.1, 0.15) is 11.5 Å². The number of hydrogen-bond acceptors (Lipinski definition) is 5. The summed E-state index contributed by atoms with van der Waals surface area (Å²) in [5.74, 6) is -2.42. The van der Waals surface area contributed by atoms with Crippen molar-refractivity contribution < 1.29 is 35.5 Å². The Morgan fingerprint density at radius 3 is 2.34 bits per heavy atom. The number of rotatable bonds is 9. The number of halogens is 4. The lowest BCUT2D eigenvalue weighted by Crippen LogP contribution is -2.28. The third-order valence-electron chi connectivity index (χ3n) is 4.96. The van der Waals surface area contributed by atoms with E-state index in [4.69, 9.17) is 4.74 Å². The minimum absolute atomic E-state index is 0.104. The van der Waals surface area contributed by atoms with E-state index in [2.05, 4.69) is 10.3 Å². The van der Waals surface area contributed by atoms with E-state index in [0.29, 0.717) is 6.42 Å². The van der Waals surface area contributed by atoms with Gasteiger partial charge in [-0.2, -0.15) is 13.2 Å². The first-order valence-electron chi connectivity index (χ1n) is 10.7. The summed E-state index contributed by atoms with van der Waals surface area (Å²) >= 11 is 0. The van der Waals surface area contributed by atoms with Crippen LogP contribution in [0.1, 0.15) is 56.9 Å². The van der Waals surface area contributed by atoms with E-state index in [9.17, 15) is 30.8 Å². The van der Waals surface area contributed by atoms with E-state index in [1.54, 1.807) is 0 Å². The highest BCUT2D eigenvalue weighted by molar-refractivity contribution is 7.92. The number of ether oxygens (including phenoxy) is 1. The van der Waals surface area contributed by atoms with Crippen LogP contribution in [0.15, 0.2) is 30.3 Å².